The summed E-state index contributed by atoms with van der Waals surface area (Å²) in [5.74, 6) is -0.606. The molecule has 0 atom stereocenters. The zero-order valence-electron chi connectivity index (χ0n) is 16.8. The third-order valence-electron chi connectivity index (χ3n) is 4.22. The summed E-state index contributed by atoms with van der Waals surface area (Å²) in [6.07, 6.45) is -1.53. The standard InChI is InChI=1S/C20H17Cl2F2N5O2S/c1-3-32-28-19(30)12-8-11(21)7-10(2)16(12)26-20(31)15-9-14(17(23)24)27-29(15)18-13(22)5-4-6-25-18/h4-9,17H,3H2,1-2H3,(H,26,31)(H,28,30). The van der Waals surface area contributed by atoms with Gasteiger partial charge in [-0.2, -0.15) is 5.10 Å². The molecule has 0 unspecified atom stereocenters. The average molecular weight is 500 g/mol. The molecular weight excluding hydrogens is 483 g/mol. The van der Waals surface area contributed by atoms with E-state index in [-0.39, 0.29) is 27.8 Å². The number of hydrogen-bond donors (Lipinski definition) is 2. The second kappa shape index (κ2) is 10.3. The van der Waals surface area contributed by atoms with Crippen LogP contribution in [0.2, 0.25) is 10.0 Å². The predicted molar refractivity (Wildman–Crippen MR) is 121 cm³/mol. The van der Waals surface area contributed by atoms with Gasteiger partial charge in [0.1, 0.15) is 11.4 Å². The number of hydrogen-bond acceptors (Lipinski definition) is 5. The van der Waals surface area contributed by atoms with Gasteiger partial charge in [0, 0.05) is 17.0 Å². The van der Waals surface area contributed by atoms with Crippen molar-refractivity contribution in [2.75, 3.05) is 11.1 Å². The maximum atomic E-state index is 13.3. The summed E-state index contributed by atoms with van der Waals surface area (Å²) < 4.78 is 30.3. The Kier molecular flexibility index (Phi) is 7.70. The molecule has 2 heterocycles. The summed E-state index contributed by atoms with van der Waals surface area (Å²) in [5.41, 5.74) is -0.0348. The maximum Gasteiger partial charge on any atom is 0.282 e. The van der Waals surface area contributed by atoms with Crippen LogP contribution < -0.4 is 10.0 Å². The van der Waals surface area contributed by atoms with Crippen molar-refractivity contribution in [3.63, 3.8) is 0 Å². The van der Waals surface area contributed by atoms with Gasteiger partial charge in [-0.3, -0.25) is 14.3 Å². The molecule has 2 aromatic heterocycles. The Balaban J connectivity index is 2.05. The second-order valence-electron chi connectivity index (χ2n) is 6.44. The van der Waals surface area contributed by atoms with Crippen molar-refractivity contribution in [3.05, 3.63) is 69.1 Å². The molecule has 0 saturated heterocycles. The van der Waals surface area contributed by atoms with E-state index in [1.807, 2.05) is 6.92 Å². The number of pyridine rings is 1. The number of nitrogens with zero attached hydrogens (tertiary/aromatic N) is 3. The molecular formula is C20H17Cl2F2N5O2S. The van der Waals surface area contributed by atoms with Gasteiger partial charge in [0.05, 0.1) is 16.3 Å². The highest BCUT2D eigenvalue weighted by Gasteiger charge is 2.25. The molecule has 7 nitrogen and oxygen atoms in total. The van der Waals surface area contributed by atoms with Gasteiger partial charge in [-0.15, -0.1) is 0 Å². The van der Waals surface area contributed by atoms with Crippen molar-refractivity contribution < 1.29 is 18.4 Å². The fourth-order valence-electron chi connectivity index (χ4n) is 2.82. The van der Waals surface area contributed by atoms with Crippen LogP contribution in [0.4, 0.5) is 14.5 Å². The molecule has 0 radical (unpaired) electrons. The number of benzene rings is 1. The Morgan fingerprint density at radius 3 is 2.62 bits per heavy atom. The Hall–Kier alpha value is -2.69. The quantitative estimate of drug-likeness (QED) is 0.420. The van der Waals surface area contributed by atoms with E-state index in [1.54, 1.807) is 19.1 Å². The molecule has 12 heteroatoms. The van der Waals surface area contributed by atoms with Crippen LogP contribution in [0.1, 0.15) is 45.5 Å². The van der Waals surface area contributed by atoms with Crippen molar-refractivity contribution in [2.45, 2.75) is 20.3 Å². The third kappa shape index (κ3) is 5.20. The summed E-state index contributed by atoms with van der Waals surface area (Å²) in [6, 6.07) is 6.97. The van der Waals surface area contributed by atoms with Crippen molar-refractivity contribution in [1.82, 2.24) is 19.5 Å². The first-order valence-corrected chi connectivity index (χ1v) is 11.0. The van der Waals surface area contributed by atoms with Gasteiger partial charge in [0.2, 0.25) is 0 Å². The number of amides is 2. The second-order valence-corrected chi connectivity index (χ2v) is 8.35. The molecule has 3 rings (SSSR count). The van der Waals surface area contributed by atoms with Gasteiger partial charge >= 0.3 is 0 Å². The van der Waals surface area contributed by atoms with Crippen LogP contribution in [0.25, 0.3) is 5.82 Å². The van der Waals surface area contributed by atoms with Crippen LogP contribution in [0, 0.1) is 6.92 Å². The van der Waals surface area contributed by atoms with Crippen LogP contribution in [0.15, 0.2) is 36.5 Å². The van der Waals surface area contributed by atoms with E-state index >= 15 is 0 Å². The fourth-order valence-corrected chi connectivity index (χ4v) is 3.68. The number of alkyl halides is 2. The molecule has 0 saturated carbocycles. The predicted octanol–water partition coefficient (Wildman–Crippen LogP) is 5.47. The third-order valence-corrected chi connectivity index (χ3v) is 5.35. The van der Waals surface area contributed by atoms with E-state index in [0.29, 0.717) is 16.3 Å². The van der Waals surface area contributed by atoms with Gasteiger partial charge in [0.25, 0.3) is 18.2 Å². The molecule has 3 aromatic rings. The first-order valence-electron chi connectivity index (χ1n) is 9.25. The van der Waals surface area contributed by atoms with E-state index in [9.17, 15) is 18.4 Å². The van der Waals surface area contributed by atoms with Crippen LogP contribution in [0.3, 0.4) is 0 Å². The monoisotopic (exact) mass is 499 g/mol. The van der Waals surface area contributed by atoms with Crippen LogP contribution in [0.5, 0.6) is 0 Å². The van der Waals surface area contributed by atoms with Crippen molar-refractivity contribution in [2.24, 2.45) is 0 Å². The largest absolute Gasteiger partial charge is 0.320 e. The summed E-state index contributed by atoms with van der Waals surface area (Å²) in [5, 5.41) is 6.83. The Bertz CT molecular complexity index is 1170. The van der Waals surface area contributed by atoms with Gasteiger partial charge in [-0.25, -0.2) is 18.4 Å². The number of carbonyl (C=O) groups excluding carboxylic acids is 2. The minimum atomic E-state index is -2.92. The molecule has 0 fully saturated rings. The highest BCUT2D eigenvalue weighted by atomic mass is 35.5. The van der Waals surface area contributed by atoms with Crippen LogP contribution in [-0.4, -0.2) is 32.3 Å². The van der Waals surface area contributed by atoms with E-state index < -0.39 is 23.9 Å². The minimum absolute atomic E-state index is 0.0105. The lowest BCUT2D eigenvalue weighted by Crippen LogP contribution is -2.23. The zero-order chi connectivity index (χ0) is 23.4. The lowest BCUT2D eigenvalue weighted by molar-refractivity contribution is 0.0985. The maximum absolute atomic E-state index is 13.3. The number of nitrogens with one attached hydrogen (secondary N) is 2. The molecule has 1 aromatic carbocycles. The van der Waals surface area contributed by atoms with Gasteiger partial charge in [0.15, 0.2) is 5.82 Å². The highest BCUT2D eigenvalue weighted by Crippen LogP contribution is 2.28. The Morgan fingerprint density at radius 1 is 1.22 bits per heavy atom. The first kappa shape index (κ1) is 24.0. The van der Waals surface area contributed by atoms with Gasteiger partial charge < -0.3 is 5.32 Å². The Labute approximate surface area is 196 Å². The minimum Gasteiger partial charge on any atom is -0.320 e. The lowest BCUT2D eigenvalue weighted by Gasteiger charge is -2.15. The first-order chi connectivity index (χ1) is 15.2. The Morgan fingerprint density at radius 2 is 1.97 bits per heavy atom. The topological polar surface area (TPSA) is 88.9 Å². The fraction of sp³-hybridized carbons (Fsp3) is 0.200. The van der Waals surface area contributed by atoms with E-state index in [0.717, 1.165) is 10.7 Å². The van der Waals surface area contributed by atoms with Crippen LogP contribution in [-0.2, 0) is 0 Å². The molecule has 2 amide bonds. The van der Waals surface area contributed by atoms with Gasteiger partial charge in [-0.1, -0.05) is 42.1 Å². The number of anilines is 1. The number of aromatic nitrogens is 3. The zero-order valence-corrected chi connectivity index (χ0v) is 19.2. The lowest BCUT2D eigenvalue weighted by atomic mass is 10.1. The number of carbonyl (C=O) groups is 2. The average Bonchev–Trinajstić information content (AvgIpc) is 3.19. The van der Waals surface area contributed by atoms with Crippen molar-refractivity contribution in [3.8, 4) is 5.82 Å². The number of halogens is 4. The van der Waals surface area contributed by atoms with Crippen molar-refractivity contribution in [1.29, 1.82) is 0 Å². The molecule has 32 heavy (non-hydrogen) atoms. The van der Waals surface area contributed by atoms with Crippen molar-refractivity contribution >= 4 is 52.7 Å². The summed E-state index contributed by atoms with van der Waals surface area (Å²) >= 11 is 13.4. The summed E-state index contributed by atoms with van der Waals surface area (Å²) in [6.45, 7) is 3.52. The molecule has 0 spiro atoms. The number of rotatable bonds is 7. The summed E-state index contributed by atoms with van der Waals surface area (Å²) in [4.78, 5) is 29.8. The molecule has 168 valence electrons. The van der Waals surface area contributed by atoms with E-state index in [1.165, 1.54) is 30.3 Å². The normalized spacial score (nSPS) is 11.0. The smallest absolute Gasteiger partial charge is 0.282 e. The summed E-state index contributed by atoms with van der Waals surface area (Å²) in [7, 11) is 0. The van der Waals surface area contributed by atoms with Crippen LogP contribution >= 0.6 is 35.1 Å². The molecule has 0 aliphatic rings. The SMILES string of the molecule is CCSNC(=O)c1cc(Cl)cc(C)c1NC(=O)c1cc(C(F)F)nn1-c1ncccc1Cl. The molecule has 0 bridgehead atoms. The molecule has 0 aliphatic carbocycles. The number of aryl methyl sites for hydroxylation is 1. The molecule has 0 aliphatic heterocycles. The van der Waals surface area contributed by atoms with Gasteiger partial charge in [-0.05, 0) is 42.8 Å². The van der Waals surface area contributed by atoms with E-state index in [4.69, 9.17) is 23.2 Å². The highest BCUT2D eigenvalue weighted by molar-refractivity contribution is 7.97. The van der Waals surface area contributed by atoms with E-state index in [2.05, 4.69) is 20.1 Å². The molecule has 2 N–H and O–H groups in total.